The predicted octanol–water partition coefficient (Wildman–Crippen LogP) is 4.35. The van der Waals surface area contributed by atoms with Crippen molar-refractivity contribution in [2.45, 2.75) is 74.2 Å². The third-order valence-electron chi connectivity index (χ3n) is 11.1. The lowest BCUT2D eigenvalue weighted by Gasteiger charge is -2.25. The number of ether oxygens (including phenoxy) is 2. The van der Waals surface area contributed by atoms with Crippen LogP contribution < -0.4 is 0 Å². The zero-order valence-electron chi connectivity index (χ0n) is 26.7. The first-order valence-corrected chi connectivity index (χ1v) is 18.3. The molecule has 2 aliphatic carbocycles. The number of aliphatic hydroxyl groups excluding tert-OH is 1. The molecule has 6 unspecified atom stereocenters. The van der Waals surface area contributed by atoms with Gasteiger partial charge in [-0.3, -0.25) is 13.8 Å². The topological polar surface area (TPSA) is 123 Å². The number of benzene rings is 3. The summed E-state index contributed by atoms with van der Waals surface area (Å²) in [4.78, 5) is 29.6. The summed E-state index contributed by atoms with van der Waals surface area (Å²) in [5, 5.41) is 9.74. The Morgan fingerprint density at radius 3 is 1.73 bits per heavy atom. The molecule has 2 saturated carbocycles. The van der Waals surface area contributed by atoms with E-state index in [9.17, 15) is 23.1 Å². The van der Waals surface area contributed by atoms with E-state index < -0.39 is 16.2 Å². The first-order valence-electron chi connectivity index (χ1n) is 16.8. The summed E-state index contributed by atoms with van der Waals surface area (Å²) in [5.41, 5.74) is 3.00. The molecule has 0 spiro atoms. The SMILES string of the molecule is Cc1ccc(S(=O)(=O)OC2CC3C(=O)N4C(CO[C@H]4c4ccccc4)[C@H]3C2)cc1.O=C1C2CC(O)C[C@@H]2C2CO[C@@H](c3ccccc3)N12. The summed E-state index contributed by atoms with van der Waals surface area (Å²) in [6.07, 6.45) is 0.975. The van der Waals surface area contributed by atoms with E-state index >= 15 is 0 Å². The highest BCUT2D eigenvalue weighted by molar-refractivity contribution is 7.86. The zero-order valence-corrected chi connectivity index (χ0v) is 27.5. The number of carbonyl (C=O) groups is 2. The van der Waals surface area contributed by atoms with Gasteiger partial charge in [-0.1, -0.05) is 78.4 Å². The first-order chi connectivity index (χ1) is 23.2. The van der Waals surface area contributed by atoms with E-state index in [1.54, 1.807) is 24.3 Å². The molecule has 1 N–H and O–H groups in total. The van der Waals surface area contributed by atoms with Gasteiger partial charge in [-0.05, 0) is 56.6 Å². The summed E-state index contributed by atoms with van der Waals surface area (Å²) in [5.74, 6) is 0.358. The molecular weight excluding hydrogens is 632 g/mol. The highest BCUT2D eigenvalue weighted by atomic mass is 32.2. The average molecular weight is 673 g/mol. The minimum Gasteiger partial charge on any atom is -0.393 e. The Morgan fingerprint density at radius 2 is 1.19 bits per heavy atom. The van der Waals surface area contributed by atoms with Crippen LogP contribution in [0.2, 0.25) is 0 Å². The van der Waals surface area contributed by atoms with Crippen LogP contribution in [-0.4, -0.2) is 72.6 Å². The van der Waals surface area contributed by atoms with E-state index in [1.165, 1.54) is 0 Å². The van der Waals surface area contributed by atoms with Crippen LogP contribution in [0.1, 0.15) is 54.8 Å². The minimum absolute atomic E-state index is 0.00936. The molecule has 11 heteroatoms. The molecule has 48 heavy (non-hydrogen) atoms. The van der Waals surface area contributed by atoms with Gasteiger partial charge in [0.15, 0.2) is 12.5 Å². The lowest BCUT2D eigenvalue weighted by molar-refractivity contribution is -0.138. The Kier molecular flexibility index (Phi) is 8.16. The van der Waals surface area contributed by atoms with E-state index in [0.29, 0.717) is 32.5 Å². The fourth-order valence-corrected chi connectivity index (χ4v) is 10.00. The van der Waals surface area contributed by atoms with Crippen LogP contribution in [-0.2, 0) is 33.4 Å². The summed E-state index contributed by atoms with van der Waals surface area (Å²) >= 11 is 0. The zero-order chi connectivity index (χ0) is 33.2. The summed E-state index contributed by atoms with van der Waals surface area (Å²) in [6, 6.07) is 26.4. The van der Waals surface area contributed by atoms with Crippen LogP contribution in [0.5, 0.6) is 0 Å². The van der Waals surface area contributed by atoms with Crippen molar-refractivity contribution in [3.63, 3.8) is 0 Å². The molecule has 6 fully saturated rings. The molecule has 6 aliphatic rings. The summed E-state index contributed by atoms with van der Waals surface area (Å²) < 4.78 is 42.6. The maximum Gasteiger partial charge on any atom is 0.297 e. The van der Waals surface area contributed by atoms with Gasteiger partial charge in [-0.25, -0.2) is 0 Å². The summed E-state index contributed by atoms with van der Waals surface area (Å²) in [7, 11) is -3.84. The fourth-order valence-electron chi connectivity index (χ4n) is 8.90. The number of rotatable bonds is 5. The van der Waals surface area contributed by atoms with Crippen LogP contribution in [0.3, 0.4) is 0 Å². The van der Waals surface area contributed by atoms with E-state index in [0.717, 1.165) is 23.1 Å². The summed E-state index contributed by atoms with van der Waals surface area (Å²) in [6.45, 7) is 2.97. The Labute approximate surface area is 280 Å². The highest BCUT2D eigenvalue weighted by Gasteiger charge is 2.59. The van der Waals surface area contributed by atoms with Crippen molar-refractivity contribution in [3.8, 4) is 0 Å². The molecule has 9 rings (SSSR count). The van der Waals surface area contributed by atoms with Gasteiger partial charge in [0.2, 0.25) is 11.8 Å². The quantitative estimate of drug-likeness (QED) is 0.397. The Hall–Kier alpha value is -3.61. The van der Waals surface area contributed by atoms with Gasteiger partial charge in [-0.2, -0.15) is 8.42 Å². The maximum atomic E-state index is 13.1. The van der Waals surface area contributed by atoms with Crippen LogP contribution >= 0.6 is 0 Å². The van der Waals surface area contributed by atoms with Gasteiger partial charge >= 0.3 is 0 Å². The Balaban J connectivity index is 0.000000153. The monoisotopic (exact) mass is 672 g/mol. The van der Waals surface area contributed by atoms with E-state index in [2.05, 4.69) is 0 Å². The number of nitrogens with zero attached hydrogens (tertiary/aromatic N) is 2. The van der Waals surface area contributed by atoms with Crippen molar-refractivity contribution >= 4 is 21.9 Å². The number of carbonyl (C=O) groups excluding carboxylic acids is 2. The van der Waals surface area contributed by atoms with Crippen molar-refractivity contribution in [3.05, 3.63) is 102 Å². The molecule has 4 saturated heterocycles. The molecule has 3 aromatic carbocycles. The lowest BCUT2D eigenvalue weighted by Crippen LogP contribution is -2.34. The van der Waals surface area contributed by atoms with Crippen molar-refractivity contribution < 1.29 is 36.8 Å². The standard InChI is InChI=1S/C22H23NO5S.C15H17NO3/c1-14-7-9-17(10-8-14)29(25,26)28-16-11-18-19(12-16)21(24)23-20(18)13-27-22(23)15-5-3-2-4-6-15;17-10-6-11-12(7-10)14(18)16-13(11)8-19-15(16)9-4-2-1-3-5-9/h2-10,16,18-20,22H,11-13H2,1H3;1-5,10-13,15,17H,6-8H2/t16?,18-,19?,20?,22-;10?,11-,12?,13?,15-/m00/s1. The molecule has 4 heterocycles. The van der Waals surface area contributed by atoms with Crippen LogP contribution in [0.15, 0.2) is 89.8 Å². The normalized spacial score (nSPS) is 34.9. The number of amides is 2. The molecular formula is C37H40N2O8S. The smallest absolute Gasteiger partial charge is 0.297 e. The predicted molar refractivity (Wildman–Crippen MR) is 173 cm³/mol. The average Bonchev–Trinajstić information content (AvgIpc) is 3.93. The minimum atomic E-state index is -3.84. The number of hydrogen-bond donors (Lipinski definition) is 1. The second kappa shape index (κ2) is 12.4. The van der Waals surface area contributed by atoms with Crippen LogP contribution in [0.4, 0.5) is 0 Å². The third-order valence-corrected chi connectivity index (χ3v) is 12.5. The van der Waals surface area contributed by atoms with Gasteiger partial charge in [0.25, 0.3) is 10.1 Å². The molecule has 0 aromatic heterocycles. The van der Waals surface area contributed by atoms with Crippen molar-refractivity contribution in [1.82, 2.24) is 9.80 Å². The largest absolute Gasteiger partial charge is 0.393 e. The van der Waals surface area contributed by atoms with E-state index in [1.807, 2.05) is 77.4 Å². The maximum absolute atomic E-state index is 13.1. The number of hydrogen-bond acceptors (Lipinski definition) is 8. The molecule has 252 valence electrons. The van der Waals surface area contributed by atoms with Crippen LogP contribution in [0.25, 0.3) is 0 Å². The van der Waals surface area contributed by atoms with Crippen molar-refractivity contribution in [1.29, 1.82) is 0 Å². The third kappa shape index (κ3) is 5.45. The Bertz CT molecular complexity index is 1770. The number of fused-ring (bicyclic) bond motifs is 6. The van der Waals surface area contributed by atoms with Gasteiger partial charge < -0.3 is 24.4 Å². The molecule has 3 aromatic rings. The highest BCUT2D eigenvalue weighted by Crippen LogP contribution is 2.51. The van der Waals surface area contributed by atoms with Crippen molar-refractivity contribution in [2.75, 3.05) is 13.2 Å². The van der Waals surface area contributed by atoms with Crippen molar-refractivity contribution in [2.24, 2.45) is 23.7 Å². The number of aryl methyl sites for hydroxylation is 1. The molecule has 10 atom stereocenters. The first kappa shape index (κ1) is 31.6. The molecule has 0 radical (unpaired) electrons. The Morgan fingerprint density at radius 1 is 0.688 bits per heavy atom. The molecule has 10 nitrogen and oxygen atoms in total. The van der Waals surface area contributed by atoms with E-state index in [4.69, 9.17) is 13.7 Å². The van der Waals surface area contributed by atoms with E-state index in [-0.39, 0.29) is 71.0 Å². The second-order valence-corrected chi connectivity index (χ2v) is 15.5. The van der Waals surface area contributed by atoms with Gasteiger partial charge in [0.1, 0.15) is 0 Å². The number of aliphatic hydroxyl groups is 1. The van der Waals surface area contributed by atoms with Gasteiger partial charge in [-0.15, -0.1) is 0 Å². The lowest BCUT2D eigenvalue weighted by atomic mass is 9.94. The van der Waals surface area contributed by atoms with Crippen LogP contribution in [0, 0.1) is 30.6 Å². The molecule has 0 bridgehead atoms. The fraction of sp³-hybridized carbons (Fsp3) is 0.459. The molecule has 2 amide bonds. The molecule has 4 aliphatic heterocycles. The second-order valence-electron chi connectivity index (χ2n) is 13.9. The van der Waals surface area contributed by atoms with Gasteiger partial charge in [0, 0.05) is 23.0 Å². The van der Waals surface area contributed by atoms with Gasteiger partial charge in [0.05, 0.1) is 42.4 Å².